The standard InChI is InChI=1S/C18H22Cl2N2O4/c1-12(26-16(24)17(2)11-18(17,19)20)15(23)21-13-3-5-14(6-4-13)22-7-9-25-10-8-22/h3-6,12H,7-11H2,1-2H3,(H,21,23). The maximum absolute atomic E-state index is 12.3. The van der Waals surface area contributed by atoms with Crippen LogP contribution in [0.1, 0.15) is 20.3 Å². The molecule has 2 aliphatic rings. The van der Waals surface area contributed by atoms with Crippen molar-refractivity contribution < 1.29 is 19.1 Å². The molecule has 0 bridgehead atoms. The Balaban J connectivity index is 1.53. The van der Waals surface area contributed by atoms with Gasteiger partial charge < -0.3 is 19.7 Å². The highest BCUT2D eigenvalue weighted by molar-refractivity contribution is 6.53. The van der Waals surface area contributed by atoms with Crippen molar-refractivity contribution in [2.45, 2.75) is 30.7 Å². The lowest BCUT2D eigenvalue weighted by Crippen LogP contribution is -2.36. The number of ether oxygens (including phenoxy) is 2. The average Bonchev–Trinajstić information content (AvgIpc) is 3.15. The van der Waals surface area contributed by atoms with Gasteiger partial charge in [0.25, 0.3) is 5.91 Å². The molecule has 1 heterocycles. The Morgan fingerprint density at radius 3 is 2.35 bits per heavy atom. The third kappa shape index (κ3) is 3.92. The monoisotopic (exact) mass is 400 g/mol. The highest BCUT2D eigenvalue weighted by atomic mass is 35.5. The van der Waals surface area contributed by atoms with Crippen molar-refractivity contribution in [3.05, 3.63) is 24.3 Å². The Bertz CT molecular complexity index is 689. The minimum Gasteiger partial charge on any atom is -0.452 e. The van der Waals surface area contributed by atoms with Crippen molar-refractivity contribution >= 4 is 46.5 Å². The SMILES string of the molecule is CC(OC(=O)C1(C)CC1(Cl)Cl)C(=O)Nc1ccc(N2CCOCC2)cc1. The van der Waals surface area contributed by atoms with Gasteiger partial charge in [0.15, 0.2) is 6.10 Å². The lowest BCUT2D eigenvalue weighted by Gasteiger charge is -2.29. The Kier molecular flexibility index (Phi) is 5.37. The number of alkyl halides is 2. The number of benzene rings is 1. The number of amides is 1. The number of anilines is 2. The van der Waals surface area contributed by atoms with E-state index in [1.807, 2.05) is 24.3 Å². The molecule has 6 nitrogen and oxygen atoms in total. The van der Waals surface area contributed by atoms with E-state index in [1.165, 1.54) is 6.92 Å². The second kappa shape index (κ2) is 7.25. The Morgan fingerprint density at radius 2 is 1.81 bits per heavy atom. The van der Waals surface area contributed by atoms with Gasteiger partial charge in [-0.2, -0.15) is 0 Å². The summed E-state index contributed by atoms with van der Waals surface area (Å²) in [5.41, 5.74) is 0.759. The normalized spacial score (nSPS) is 25.3. The van der Waals surface area contributed by atoms with Gasteiger partial charge in [0, 0.05) is 30.9 Å². The first-order chi connectivity index (χ1) is 12.2. The van der Waals surface area contributed by atoms with Crippen molar-refractivity contribution in [2.24, 2.45) is 5.41 Å². The molecular formula is C18H22Cl2N2O4. The van der Waals surface area contributed by atoms with Crippen LogP contribution in [0.3, 0.4) is 0 Å². The van der Waals surface area contributed by atoms with Crippen LogP contribution in [0.5, 0.6) is 0 Å². The second-order valence-corrected chi connectivity index (χ2v) is 8.38. The van der Waals surface area contributed by atoms with Crippen LogP contribution >= 0.6 is 23.2 Å². The first-order valence-electron chi connectivity index (χ1n) is 8.55. The molecule has 142 valence electrons. The lowest BCUT2D eigenvalue weighted by molar-refractivity contribution is -0.158. The highest BCUT2D eigenvalue weighted by Crippen LogP contribution is 2.64. The van der Waals surface area contributed by atoms with E-state index in [0.717, 1.165) is 18.8 Å². The van der Waals surface area contributed by atoms with E-state index in [0.29, 0.717) is 25.3 Å². The molecule has 2 fully saturated rings. The Labute approximate surface area is 162 Å². The number of carbonyl (C=O) groups is 2. The third-order valence-corrected chi connectivity index (χ3v) is 5.97. The summed E-state index contributed by atoms with van der Waals surface area (Å²) in [6.07, 6.45) is -0.623. The molecule has 1 saturated carbocycles. The van der Waals surface area contributed by atoms with E-state index >= 15 is 0 Å². The number of halogens is 2. The average molecular weight is 401 g/mol. The number of morpholine rings is 1. The van der Waals surface area contributed by atoms with Crippen molar-refractivity contribution in [3.63, 3.8) is 0 Å². The molecule has 1 aromatic carbocycles. The molecule has 26 heavy (non-hydrogen) atoms. The number of rotatable bonds is 5. The van der Waals surface area contributed by atoms with E-state index in [4.69, 9.17) is 32.7 Å². The van der Waals surface area contributed by atoms with E-state index in [1.54, 1.807) is 6.92 Å². The number of esters is 1. The van der Waals surface area contributed by atoms with Crippen LogP contribution in [-0.4, -0.2) is 48.6 Å². The summed E-state index contributed by atoms with van der Waals surface area (Å²) in [6.45, 7) is 6.27. The fourth-order valence-corrected chi connectivity index (χ4v) is 3.48. The van der Waals surface area contributed by atoms with Gasteiger partial charge in [-0.3, -0.25) is 9.59 Å². The van der Waals surface area contributed by atoms with Crippen LogP contribution in [0.15, 0.2) is 24.3 Å². The van der Waals surface area contributed by atoms with Gasteiger partial charge >= 0.3 is 5.97 Å². The fourth-order valence-electron chi connectivity index (χ4n) is 2.79. The zero-order valence-electron chi connectivity index (χ0n) is 14.8. The molecule has 1 N–H and O–H groups in total. The summed E-state index contributed by atoms with van der Waals surface area (Å²) in [4.78, 5) is 26.6. The van der Waals surface area contributed by atoms with E-state index in [-0.39, 0.29) is 0 Å². The number of nitrogens with one attached hydrogen (secondary N) is 1. The van der Waals surface area contributed by atoms with Crippen LogP contribution in [0.4, 0.5) is 11.4 Å². The number of nitrogens with zero attached hydrogens (tertiary/aromatic N) is 1. The topological polar surface area (TPSA) is 67.9 Å². The smallest absolute Gasteiger partial charge is 0.315 e. The molecule has 1 aliphatic heterocycles. The van der Waals surface area contributed by atoms with Crippen molar-refractivity contribution in [3.8, 4) is 0 Å². The maximum atomic E-state index is 12.3. The molecule has 1 aliphatic carbocycles. The molecule has 0 aromatic heterocycles. The van der Waals surface area contributed by atoms with Crippen molar-refractivity contribution in [2.75, 3.05) is 36.5 Å². The molecule has 1 amide bonds. The molecule has 2 atom stereocenters. The number of hydrogen-bond acceptors (Lipinski definition) is 5. The predicted octanol–water partition coefficient (Wildman–Crippen LogP) is 2.98. The molecule has 0 spiro atoms. The van der Waals surface area contributed by atoms with Gasteiger partial charge in [0.2, 0.25) is 0 Å². The van der Waals surface area contributed by atoms with Gasteiger partial charge in [-0.1, -0.05) is 0 Å². The maximum Gasteiger partial charge on any atom is 0.315 e. The van der Waals surface area contributed by atoms with E-state index in [9.17, 15) is 9.59 Å². The van der Waals surface area contributed by atoms with Crippen molar-refractivity contribution in [1.82, 2.24) is 0 Å². The lowest BCUT2D eigenvalue weighted by atomic mass is 10.1. The van der Waals surface area contributed by atoms with Crippen molar-refractivity contribution in [1.29, 1.82) is 0 Å². The first-order valence-corrected chi connectivity index (χ1v) is 9.31. The quantitative estimate of drug-likeness (QED) is 0.607. The second-order valence-electron chi connectivity index (χ2n) is 6.90. The minimum absolute atomic E-state index is 0.319. The van der Waals surface area contributed by atoms with E-state index in [2.05, 4.69) is 10.2 Å². The van der Waals surface area contributed by atoms with Gasteiger partial charge in [-0.25, -0.2) is 0 Å². The summed E-state index contributed by atoms with van der Waals surface area (Å²) >= 11 is 11.9. The Morgan fingerprint density at radius 1 is 1.23 bits per heavy atom. The van der Waals surface area contributed by atoms with Crippen LogP contribution < -0.4 is 10.2 Å². The number of carbonyl (C=O) groups excluding carboxylic acids is 2. The third-order valence-electron chi connectivity index (χ3n) is 4.87. The van der Waals surface area contributed by atoms with Crippen LogP contribution in [0.25, 0.3) is 0 Å². The Hall–Kier alpha value is -1.50. The summed E-state index contributed by atoms with van der Waals surface area (Å²) in [7, 11) is 0. The number of hydrogen-bond donors (Lipinski definition) is 1. The largest absolute Gasteiger partial charge is 0.452 e. The fraction of sp³-hybridized carbons (Fsp3) is 0.556. The zero-order valence-corrected chi connectivity index (χ0v) is 16.3. The summed E-state index contributed by atoms with van der Waals surface area (Å²) in [6, 6.07) is 7.53. The zero-order chi connectivity index (χ0) is 18.9. The van der Waals surface area contributed by atoms with Gasteiger partial charge in [-0.05, 0) is 38.1 Å². The molecule has 1 aromatic rings. The van der Waals surface area contributed by atoms with Crippen LogP contribution in [-0.2, 0) is 19.1 Å². The van der Waals surface area contributed by atoms with Gasteiger partial charge in [0.05, 0.1) is 13.2 Å². The molecular weight excluding hydrogens is 379 g/mol. The van der Waals surface area contributed by atoms with Gasteiger partial charge in [0.1, 0.15) is 9.75 Å². The summed E-state index contributed by atoms with van der Waals surface area (Å²) in [5, 5.41) is 2.74. The minimum atomic E-state index is -1.12. The molecule has 3 rings (SSSR count). The molecule has 8 heteroatoms. The predicted molar refractivity (Wildman–Crippen MR) is 101 cm³/mol. The molecule has 1 saturated heterocycles. The molecule has 0 radical (unpaired) electrons. The summed E-state index contributed by atoms with van der Waals surface area (Å²) in [5.74, 6) is -0.968. The van der Waals surface area contributed by atoms with E-state index < -0.39 is 27.7 Å². The summed E-state index contributed by atoms with van der Waals surface area (Å²) < 4.78 is 9.45. The molecule has 2 unspecified atom stereocenters. The van der Waals surface area contributed by atoms with Crippen LogP contribution in [0.2, 0.25) is 0 Å². The van der Waals surface area contributed by atoms with Gasteiger partial charge in [-0.15, -0.1) is 23.2 Å². The van der Waals surface area contributed by atoms with Crippen LogP contribution in [0, 0.1) is 5.41 Å². The first kappa shape index (κ1) is 19.3. The highest BCUT2D eigenvalue weighted by Gasteiger charge is 2.69.